The van der Waals surface area contributed by atoms with Crippen LogP contribution in [0.5, 0.6) is 0 Å². The minimum absolute atomic E-state index is 0. The average Bonchev–Trinajstić information content (AvgIpc) is 3.05. The van der Waals surface area contributed by atoms with E-state index in [9.17, 15) is 9.59 Å². The number of benzene rings is 1. The van der Waals surface area contributed by atoms with Gasteiger partial charge >= 0.3 is 5.97 Å². The van der Waals surface area contributed by atoms with Crippen molar-refractivity contribution in [2.75, 3.05) is 0 Å². The van der Waals surface area contributed by atoms with Gasteiger partial charge < -0.3 is 13.9 Å². The number of nitrogens with zero attached hydrogens (tertiary/aromatic N) is 2. The van der Waals surface area contributed by atoms with Crippen molar-refractivity contribution in [1.29, 1.82) is 0 Å². The Bertz CT molecular complexity index is 1330. The molecule has 3 aromatic heterocycles. The molecule has 4 aromatic rings. The van der Waals surface area contributed by atoms with Crippen LogP contribution in [0.3, 0.4) is 0 Å². The van der Waals surface area contributed by atoms with Gasteiger partial charge in [-0.1, -0.05) is 55.3 Å². The number of ether oxygens (including phenoxy) is 1. The van der Waals surface area contributed by atoms with Gasteiger partial charge in [0.2, 0.25) is 0 Å². The molecule has 0 N–H and O–H groups in total. The van der Waals surface area contributed by atoms with Gasteiger partial charge in [0.1, 0.15) is 6.61 Å². The van der Waals surface area contributed by atoms with Crippen LogP contribution in [0.4, 0.5) is 0 Å². The molecule has 5 nitrogen and oxygen atoms in total. The van der Waals surface area contributed by atoms with E-state index in [-0.39, 0.29) is 50.8 Å². The number of cyclic esters (lactones) is 1. The van der Waals surface area contributed by atoms with Crippen LogP contribution < -0.4 is 5.56 Å². The Labute approximate surface area is 187 Å². The molecule has 0 saturated carbocycles. The summed E-state index contributed by atoms with van der Waals surface area (Å²) >= 11 is 0. The third-order valence-electron chi connectivity index (χ3n) is 6.14. The smallest absolute Gasteiger partial charge is 0.316 e. The summed E-state index contributed by atoms with van der Waals surface area (Å²) in [5.41, 5.74) is 3.94. The van der Waals surface area contributed by atoms with Crippen LogP contribution in [0.1, 0.15) is 37.0 Å². The molecule has 0 amide bonds. The van der Waals surface area contributed by atoms with Gasteiger partial charge in [0.05, 0.1) is 10.9 Å². The van der Waals surface area contributed by atoms with Crippen LogP contribution >= 0.6 is 0 Å². The van der Waals surface area contributed by atoms with Crippen molar-refractivity contribution in [1.82, 2.24) is 9.38 Å². The maximum atomic E-state index is 13.2. The summed E-state index contributed by atoms with van der Waals surface area (Å²) in [7, 11) is 0. The Balaban J connectivity index is 0.00000192. The van der Waals surface area contributed by atoms with Crippen LogP contribution in [0.25, 0.3) is 27.3 Å². The second-order valence-electron chi connectivity index (χ2n) is 7.50. The number of carbonyl (C=O) groups excluding carboxylic acids is 1. The van der Waals surface area contributed by atoms with Crippen LogP contribution in [-0.4, -0.2) is 15.4 Å². The van der Waals surface area contributed by atoms with Crippen molar-refractivity contribution in [3.05, 3.63) is 63.6 Å². The third-order valence-corrected chi connectivity index (χ3v) is 6.14. The van der Waals surface area contributed by atoms with Gasteiger partial charge in [-0.15, -0.1) is 0 Å². The molecule has 1 aromatic carbocycles. The van der Waals surface area contributed by atoms with Gasteiger partial charge in [0, 0.05) is 38.3 Å². The first kappa shape index (κ1) is 19.3. The van der Waals surface area contributed by atoms with Gasteiger partial charge in [0.25, 0.3) is 0 Å². The molecule has 139 valence electrons. The van der Waals surface area contributed by atoms with Gasteiger partial charge in [0.15, 0.2) is 5.56 Å². The molecule has 0 spiro atoms. The molecule has 0 fully saturated rings. The van der Waals surface area contributed by atoms with Gasteiger partial charge in [-0.05, 0) is 41.4 Å². The first-order valence-electron chi connectivity index (χ1n) is 9.16. The van der Waals surface area contributed by atoms with E-state index < -0.39 is 5.41 Å². The number of carbonyl (C=O) groups is 1. The summed E-state index contributed by atoms with van der Waals surface area (Å²) in [4.78, 5) is 30.5. The maximum Gasteiger partial charge on any atom is 0.316 e. The van der Waals surface area contributed by atoms with E-state index in [1.165, 1.54) is 0 Å². The zero-order chi connectivity index (χ0) is 18.9. The van der Waals surface area contributed by atoms with E-state index in [4.69, 9.17) is 9.72 Å². The Hall–Kier alpha value is -1.98. The molecular weight excluding hydrogens is 429 g/mol. The quantitative estimate of drug-likeness (QED) is 0.329. The van der Waals surface area contributed by atoms with Crippen molar-refractivity contribution in [2.45, 2.75) is 39.2 Å². The third kappa shape index (κ3) is 2.39. The Kier molecular flexibility index (Phi) is 4.51. The zero-order valence-electron chi connectivity index (χ0n) is 16.1. The van der Waals surface area contributed by atoms with E-state index in [1.807, 2.05) is 50.4 Å². The molecule has 4 heterocycles. The summed E-state index contributed by atoms with van der Waals surface area (Å²) in [5.74, 6) is -0.272. The summed E-state index contributed by atoms with van der Waals surface area (Å²) in [6.07, 6.45) is 2.43. The van der Waals surface area contributed by atoms with Crippen molar-refractivity contribution in [3.8, 4) is 0 Å². The maximum absolute atomic E-state index is 13.2. The van der Waals surface area contributed by atoms with E-state index in [0.717, 1.165) is 38.4 Å². The van der Waals surface area contributed by atoms with Crippen LogP contribution in [0.15, 0.2) is 41.3 Å². The monoisotopic (exact) mass is 448 g/mol. The summed E-state index contributed by atoms with van der Waals surface area (Å²) in [6.45, 7) is 5.88. The van der Waals surface area contributed by atoms with E-state index >= 15 is 0 Å². The number of aromatic nitrogens is 2. The van der Waals surface area contributed by atoms with E-state index in [2.05, 4.69) is 6.92 Å². The summed E-state index contributed by atoms with van der Waals surface area (Å²) in [6, 6.07) is 9.94. The number of rotatable bonds is 1. The standard InChI is InChI=1S/C22H19N2O3.Y/c1-4-22(3)16-9-18-19-14(12(2)13-7-5-6-8-17(13)23-19)10-24(18)20(25)15(16)11-27-21(22)26;/h5-10H,4,11H2,1-3H3;/q-1;/t22-;/m1./s1. The normalized spacial score (nSPS) is 18.9. The largest absolute Gasteiger partial charge is 0.461 e. The van der Waals surface area contributed by atoms with E-state index in [0.29, 0.717) is 12.0 Å². The van der Waals surface area contributed by atoms with Crippen molar-refractivity contribution < 1.29 is 42.2 Å². The summed E-state index contributed by atoms with van der Waals surface area (Å²) in [5, 5.41) is 2.04. The fourth-order valence-electron chi connectivity index (χ4n) is 4.22. The SMILES string of the molecule is CC[C@@]1(C)C(=O)OCc2c1cc1c3nc4ccccc4c(C)c3[cH-]n1c2=O.[Y]. The number of aryl methyl sites for hydroxylation is 1. The molecule has 0 bridgehead atoms. The first-order valence-corrected chi connectivity index (χ1v) is 9.16. The second kappa shape index (κ2) is 6.53. The molecule has 1 atom stereocenters. The molecule has 5 rings (SSSR count). The number of para-hydroxylation sites is 1. The van der Waals surface area contributed by atoms with Crippen molar-refractivity contribution >= 4 is 33.3 Å². The second-order valence-corrected chi connectivity index (χ2v) is 7.50. The topological polar surface area (TPSA) is 60.7 Å². The molecule has 6 heteroatoms. The summed E-state index contributed by atoms with van der Waals surface area (Å²) < 4.78 is 6.98. The Morgan fingerprint density at radius 3 is 2.79 bits per heavy atom. The number of fused-ring (bicyclic) bond motifs is 5. The van der Waals surface area contributed by atoms with Crippen molar-refractivity contribution in [2.24, 2.45) is 0 Å². The molecular formula is C22H19N2O3Y-. The van der Waals surface area contributed by atoms with Crippen LogP contribution in [0, 0.1) is 6.92 Å². The Morgan fingerprint density at radius 2 is 2.04 bits per heavy atom. The number of hydrogen-bond donors (Lipinski definition) is 0. The van der Waals surface area contributed by atoms with Crippen molar-refractivity contribution in [3.63, 3.8) is 0 Å². The van der Waals surface area contributed by atoms with Gasteiger partial charge in [-0.3, -0.25) is 9.78 Å². The van der Waals surface area contributed by atoms with Gasteiger partial charge in [-0.2, -0.15) is 0 Å². The molecule has 1 aliphatic rings. The minimum Gasteiger partial charge on any atom is -0.461 e. The van der Waals surface area contributed by atoms with Crippen LogP contribution in [0.2, 0.25) is 0 Å². The number of hydrogen-bond acceptors (Lipinski definition) is 4. The zero-order valence-corrected chi connectivity index (χ0v) is 18.9. The predicted octanol–water partition coefficient (Wildman–Crippen LogP) is 3.75. The molecule has 1 aliphatic heterocycles. The number of esters is 1. The number of pyridine rings is 2. The van der Waals surface area contributed by atoms with Gasteiger partial charge in [-0.25, -0.2) is 0 Å². The van der Waals surface area contributed by atoms with Crippen LogP contribution in [-0.2, 0) is 54.3 Å². The molecule has 0 unspecified atom stereocenters. The molecule has 1 radical (unpaired) electrons. The molecule has 0 aliphatic carbocycles. The average molecular weight is 448 g/mol. The fraction of sp³-hybridized carbons (Fsp3) is 0.273. The minimum atomic E-state index is -0.809. The van der Waals surface area contributed by atoms with E-state index in [1.54, 1.807) is 4.40 Å². The Morgan fingerprint density at radius 1 is 1.29 bits per heavy atom. The predicted molar refractivity (Wildman–Crippen MR) is 104 cm³/mol. The fourth-order valence-corrected chi connectivity index (χ4v) is 4.22. The molecule has 28 heavy (non-hydrogen) atoms. The molecule has 0 saturated heterocycles. The first-order chi connectivity index (χ1) is 13.0.